The van der Waals surface area contributed by atoms with E-state index in [4.69, 9.17) is 0 Å². The molecule has 0 fully saturated rings. The predicted octanol–water partition coefficient (Wildman–Crippen LogP) is 7.25. The molecule has 3 rings (SSSR count). The molecule has 0 unspecified atom stereocenters. The summed E-state index contributed by atoms with van der Waals surface area (Å²) >= 11 is 0. The van der Waals surface area contributed by atoms with Gasteiger partial charge in [0, 0.05) is 0 Å². The highest BCUT2D eigenvalue weighted by Gasteiger charge is 2.44. The average Bonchev–Trinajstić information content (AvgIpc) is 2.96. The molecule has 0 aliphatic carbocycles. The lowest BCUT2D eigenvalue weighted by Crippen LogP contribution is -3.00. The van der Waals surface area contributed by atoms with Gasteiger partial charge in [-0.3, -0.25) is 0 Å². The molecule has 0 aliphatic rings. The van der Waals surface area contributed by atoms with Crippen molar-refractivity contribution in [3.63, 3.8) is 0 Å². The Morgan fingerprint density at radius 3 is 0.921 bits per heavy atom. The van der Waals surface area contributed by atoms with Gasteiger partial charge in [-0.05, 0) is 49.2 Å². The quantitative estimate of drug-likeness (QED) is 0.103. The minimum absolute atomic E-state index is 0. The third kappa shape index (κ3) is 10.9. The van der Waals surface area contributed by atoms with Crippen molar-refractivity contribution in [2.45, 2.75) is 110 Å². The van der Waals surface area contributed by atoms with Gasteiger partial charge in [0.05, 0.1) is 6.16 Å². The molecule has 3 aromatic carbocycles. The molecule has 0 N–H and O–H groups in total. The van der Waals surface area contributed by atoms with Gasteiger partial charge in [-0.1, -0.05) is 151 Å². The van der Waals surface area contributed by atoms with E-state index in [1.165, 1.54) is 125 Å². The first-order valence-corrected chi connectivity index (χ1v) is 17.4. The molecule has 3 aromatic rings. The highest BCUT2D eigenvalue weighted by atomic mass is 35.5. The molecule has 0 spiro atoms. The fourth-order valence-corrected chi connectivity index (χ4v) is 10.2. The maximum atomic E-state index is 2.38. The van der Waals surface area contributed by atoms with E-state index in [9.17, 15) is 0 Å². The fraction of sp³-hybridized carbons (Fsp3) is 0.500. The second-order valence-corrected chi connectivity index (χ2v) is 14.5. The molecule has 0 bridgehead atoms. The van der Waals surface area contributed by atoms with Crippen LogP contribution in [0.5, 0.6) is 0 Å². The number of hydrogen-bond acceptors (Lipinski definition) is 0. The summed E-state index contributed by atoms with van der Waals surface area (Å²) in [5.74, 6) is 0. The van der Waals surface area contributed by atoms with Crippen LogP contribution in [0, 0.1) is 0 Å². The smallest absolute Gasteiger partial charge is 0.112 e. The van der Waals surface area contributed by atoms with Crippen LogP contribution < -0.4 is 28.3 Å². The standard InChI is InChI=1S/C36H52P.ClH/c1-2-3-4-5-6-7-8-9-10-11-12-13-14-15-16-26-33-37(34-27-20-17-21-28-34,35-29-22-18-23-30-35)36-31-24-19-25-32-36;/h17-25,27-32H,2-16,26,33H2,1H3;1H/q+1;/p-1. The Bertz CT molecular complexity index is 829. The van der Waals surface area contributed by atoms with Crippen LogP contribution in [-0.2, 0) is 0 Å². The second kappa shape index (κ2) is 20.3. The molecule has 0 aliphatic heterocycles. The number of hydrogen-bond donors (Lipinski definition) is 0. The van der Waals surface area contributed by atoms with Crippen molar-refractivity contribution in [1.82, 2.24) is 0 Å². The van der Waals surface area contributed by atoms with E-state index in [2.05, 4.69) is 97.9 Å². The van der Waals surface area contributed by atoms with Crippen LogP contribution in [0.1, 0.15) is 110 Å². The summed E-state index contributed by atoms with van der Waals surface area (Å²) in [6.07, 6.45) is 24.0. The first-order valence-electron chi connectivity index (χ1n) is 15.4. The van der Waals surface area contributed by atoms with Crippen LogP contribution in [-0.4, -0.2) is 6.16 Å². The fourth-order valence-electron chi connectivity index (χ4n) is 5.78. The van der Waals surface area contributed by atoms with Crippen molar-refractivity contribution in [1.29, 1.82) is 0 Å². The summed E-state index contributed by atoms with van der Waals surface area (Å²) in [6.45, 7) is 2.30. The van der Waals surface area contributed by atoms with Crippen LogP contribution >= 0.6 is 7.26 Å². The van der Waals surface area contributed by atoms with Crippen LogP contribution in [0.15, 0.2) is 91.0 Å². The molecule has 0 saturated carbocycles. The zero-order chi connectivity index (χ0) is 25.9. The zero-order valence-corrected chi connectivity index (χ0v) is 25.7. The number of unbranched alkanes of at least 4 members (excludes halogenated alkanes) is 15. The minimum atomic E-state index is -1.64. The van der Waals surface area contributed by atoms with Crippen LogP contribution in [0.3, 0.4) is 0 Å². The average molecular weight is 551 g/mol. The van der Waals surface area contributed by atoms with Gasteiger partial charge in [0.15, 0.2) is 0 Å². The van der Waals surface area contributed by atoms with Gasteiger partial charge in [0.25, 0.3) is 0 Å². The van der Waals surface area contributed by atoms with Crippen molar-refractivity contribution in [2.24, 2.45) is 0 Å². The summed E-state index contributed by atoms with van der Waals surface area (Å²) < 4.78 is 0. The van der Waals surface area contributed by atoms with Gasteiger partial charge in [0.2, 0.25) is 0 Å². The molecule has 208 valence electrons. The Morgan fingerprint density at radius 2 is 0.632 bits per heavy atom. The van der Waals surface area contributed by atoms with Gasteiger partial charge < -0.3 is 12.4 Å². The molecule has 0 heterocycles. The molecular weight excluding hydrogens is 499 g/mol. The number of rotatable bonds is 20. The minimum Gasteiger partial charge on any atom is -1.00 e. The van der Waals surface area contributed by atoms with E-state index in [0.717, 1.165) is 0 Å². The molecule has 0 saturated heterocycles. The molecule has 0 atom stereocenters. The van der Waals surface area contributed by atoms with Crippen molar-refractivity contribution in [3.05, 3.63) is 91.0 Å². The first-order chi connectivity index (χ1) is 18.4. The summed E-state index contributed by atoms with van der Waals surface area (Å²) in [6, 6.07) is 34.1. The van der Waals surface area contributed by atoms with E-state index >= 15 is 0 Å². The SMILES string of the molecule is CCCCCCCCCCCCCCCCCC[P+](c1ccccc1)(c1ccccc1)c1ccccc1.[Cl-]. The summed E-state index contributed by atoms with van der Waals surface area (Å²) in [7, 11) is -1.64. The van der Waals surface area contributed by atoms with E-state index in [1.807, 2.05) is 0 Å². The second-order valence-electron chi connectivity index (χ2n) is 10.8. The van der Waals surface area contributed by atoms with Crippen molar-refractivity contribution < 1.29 is 12.4 Å². The molecule has 0 aromatic heterocycles. The molecule has 2 heteroatoms. The van der Waals surface area contributed by atoms with Gasteiger partial charge in [0.1, 0.15) is 23.2 Å². The van der Waals surface area contributed by atoms with Crippen molar-refractivity contribution in [2.75, 3.05) is 6.16 Å². The topological polar surface area (TPSA) is 0 Å². The predicted molar refractivity (Wildman–Crippen MR) is 170 cm³/mol. The van der Waals surface area contributed by atoms with E-state index in [0.29, 0.717) is 0 Å². The third-order valence-electron chi connectivity index (χ3n) is 7.94. The van der Waals surface area contributed by atoms with E-state index in [-0.39, 0.29) is 12.4 Å². The lowest BCUT2D eigenvalue weighted by molar-refractivity contribution is -0.00000762. The highest BCUT2D eigenvalue weighted by molar-refractivity contribution is 7.95. The summed E-state index contributed by atoms with van der Waals surface area (Å²) in [5, 5.41) is 4.56. The molecule has 0 nitrogen and oxygen atoms in total. The lowest BCUT2D eigenvalue weighted by Gasteiger charge is -2.27. The normalized spacial score (nSPS) is 11.3. The maximum absolute atomic E-state index is 2.38. The molecule has 0 amide bonds. The van der Waals surface area contributed by atoms with Crippen LogP contribution in [0.25, 0.3) is 0 Å². The highest BCUT2D eigenvalue weighted by Crippen LogP contribution is 2.56. The first kappa shape index (κ1) is 32.6. The van der Waals surface area contributed by atoms with E-state index in [1.54, 1.807) is 0 Å². The van der Waals surface area contributed by atoms with E-state index < -0.39 is 7.26 Å². The van der Waals surface area contributed by atoms with Crippen molar-refractivity contribution in [3.8, 4) is 0 Å². The van der Waals surface area contributed by atoms with Crippen LogP contribution in [0.4, 0.5) is 0 Å². The monoisotopic (exact) mass is 550 g/mol. The largest absolute Gasteiger partial charge is 1.00 e. The van der Waals surface area contributed by atoms with Crippen LogP contribution in [0.2, 0.25) is 0 Å². The number of benzene rings is 3. The zero-order valence-electron chi connectivity index (χ0n) is 24.0. The molecule has 0 radical (unpaired) electrons. The lowest BCUT2D eigenvalue weighted by atomic mass is 10.0. The maximum Gasteiger partial charge on any atom is 0.112 e. The Kier molecular flexibility index (Phi) is 17.4. The third-order valence-corrected chi connectivity index (χ3v) is 12.5. The Hall–Kier alpha value is -1.62. The number of halogens is 1. The molecular formula is C36H52ClP. The van der Waals surface area contributed by atoms with Gasteiger partial charge in [-0.15, -0.1) is 0 Å². The summed E-state index contributed by atoms with van der Waals surface area (Å²) in [4.78, 5) is 0. The van der Waals surface area contributed by atoms with Gasteiger partial charge >= 0.3 is 0 Å². The Morgan fingerprint density at radius 1 is 0.368 bits per heavy atom. The molecule has 38 heavy (non-hydrogen) atoms. The van der Waals surface area contributed by atoms with Gasteiger partial charge in [-0.2, -0.15) is 0 Å². The Balaban J connectivity index is 0.00000507. The summed E-state index contributed by atoms with van der Waals surface area (Å²) in [5.41, 5.74) is 0. The Labute approximate surface area is 241 Å². The van der Waals surface area contributed by atoms with Crippen molar-refractivity contribution >= 4 is 23.2 Å². The van der Waals surface area contributed by atoms with Gasteiger partial charge in [-0.25, -0.2) is 0 Å².